The van der Waals surface area contributed by atoms with E-state index >= 15 is 0 Å². The van der Waals surface area contributed by atoms with Crippen LogP contribution in [0.1, 0.15) is 35.1 Å². The summed E-state index contributed by atoms with van der Waals surface area (Å²) >= 11 is 1.08. The van der Waals surface area contributed by atoms with Gasteiger partial charge < -0.3 is 16.0 Å². The molecule has 20 heavy (non-hydrogen) atoms. The zero-order chi connectivity index (χ0) is 14.5. The van der Waals surface area contributed by atoms with Gasteiger partial charge in [-0.1, -0.05) is 11.4 Å². The van der Waals surface area contributed by atoms with Crippen molar-refractivity contribution in [1.29, 1.82) is 0 Å². The predicted octanol–water partition coefficient (Wildman–Crippen LogP) is -0.220. The maximum atomic E-state index is 12.6. The van der Waals surface area contributed by atoms with Gasteiger partial charge in [0.05, 0.1) is 12.2 Å². The van der Waals surface area contributed by atoms with E-state index in [1.165, 1.54) is 0 Å². The molecule has 1 aliphatic rings. The summed E-state index contributed by atoms with van der Waals surface area (Å²) in [7, 11) is 0. The van der Waals surface area contributed by atoms with Crippen molar-refractivity contribution in [3.63, 3.8) is 0 Å². The lowest BCUT2D eigenvalue weighted by Gasteiger charge is -2.33. The molecule has 1 aliphatic heterocycles. The lowest BCUT2D eigenvalue weighted by Crippen LogP contribution is -2.49. The molecule has 7 nitrogen and oxygen atoms in total. The standard InChI is InChI=1S/C12H19N5O2S/c1-2-9-11(20-16-15-9)12(19)17(7-10(13)18)8-3-5-14-6-4-8/h8,14H,2-7H2,1H3,(H2,13,18). The van der Waals surface area contributed by atoms with Crippen LogP contribution in [0.5, 0.6) is 0 Å². The second-order valence-electron chi connectivity index (χ2n) is 4.78. The molecule has 1 aromatic rings. The van der Waals surface area contributed by atoms with E-state index in [4.69, 9.17) is 5.73 Å². The molecule has 0 atom stereocenters. The molecular weight excluding hydrogens is 278 g/mol. The zero-order valence-corrected chi connectivity index (χ0v) is 12.3. The lowest BCUT2D eigenvalue weighted by molar-refractivity contribution is -0.119. The molecule has 1 saturated heterocycles. The fourth-order valence-electron chi connectivity index (χ4n) is 2.39. The van der Waals surface area contributed by atoms with Crippen molar-refractivity contribution >= 4 is 23.3 Å². The van der Waals surface area contributed by atoms with E-state index < -0.39 is 5.91 Å². The van der Waals surface area contributed by atoms with E-state index in [1.54, 1.807) is 4.90 Å². The van der Waals surface area contributed by atoms with E-state index in [2.05, 4.69) is 14.9 Å². The van der Waals surface area contributed by atoms with Crippen LogP contribution in [0.2, 0.25) is 0 Å². The highest BCUT2D eigenvalue weighted by Gasteiger charge is 2.29. The third-order valence-electron chi connectivity index (χ3n) is 3.42. The van der Waals surface area contributed by atoms with Crippen LogP contribution in [0.4, 0.5) is 0 Å². The zero-order valence-electron chi connectivity index (χ0n) is 11.5. The van der Waals surface area contributed by atoms with Crippen LogP contribution >= 0.6 is 11.5 Å². The Hall–Kier alpha value is -1.54. The first kappa shape index (κ1) is 14.9. The minimum absolute atomic E-state index is 0.0445. The Morgan fingerprint density at radius 2 is 2.15 bits per heavy atom. The Morgan fingerprint density at radius 1 is 1.45 bits per heavy atom. The van der Waals surface area contributed by atoms with Gasteiger partial charge in [-0.05, 0) is 43.9 Å². The van der Waals surface area contributed by atoms with Gasteiger partial charge in [0.25, 0.3) is 5.91 Å². The Bertz CT molecular complexity index is 484. The highest BCUT2D eigenvalue weighted by Crippen LogP contribution is 2.19. The van der Waals surface area contributed by atoms with Crippen LogP contribution in [0.15, 0.2) is 0 Å². The topological polar surface area (TPSA) is 101 Å². The summed E-state index contributed by atoms with van der Waals surface area (Å²) in [5.74, 6) is -0.671. The molecule has 1 fully saturated rings. The number of hydrogen-bond acceptors (Lipinski definition) is 6. The Labute approximate surface area is 121 Å². The normalized spacial score (nSPS) is 16.1. The molecule has 0 aromatic carbocycles. The predicted molar refractivity (Wildman–Crippen MR) is 75.4 cm³/mol. The first-order valence-electron chi connectivity index (χ1n) is 6.74. The number of hydrogen-bond donors (Lipinski definition) is 2. The average Bonchev–Trinajstić information content (AvgIpc) is 2.93. The molecule has 3 N–H and O–H groups in total. The number of carbonyl (C=O) groups excluding carboxylic acids is 2. The monoisotopic (exact) mass is 297 g/mol. The molecule has 2 amide bonds. The van der Waals surface area contributed by atoms with Gasteiger partial charge >= 0.3 is 0 Å². The number of carbonyl (C=O) groups is 2. The lowest BCUT2D eigenvalue weighted by atomic mass is 10.0. The van der Waals surface area contributed by atoms with Crippen molar-refractivity contribution in [2.45, 2.75) is 32.2 Å². The van der Waals surface area contributed by atoms with Crippen LogP contribution in [-0.2, 0) is 11.2 Å². The van der Waals surface area contributed by atoms with Gasteiger partial charge in [-0.2, -0.15) is 0 Å². The largest absolute Gasteiger partial charge is 0.368 e. The molecule has 2 heterocycles. The molecule has 0 bridgehead atoms. The number of amides is 2. The third-order valence-corrected chi connectivity index (χ3v) is 4.18. The first-order chi connectivity index (χ1) is 9.63. The van der Waals surface area contributed by atoms with Crippen molar-refractivity contribution < 1.29 is 9.59 Å². The maximum absolute atomic E-state index is 12.6. The van der Waals surface area contributed by atoms with E-state index in [0.717, 1.165) is 37.5 Å². The minimum atomic E-state index is -0.493. The molecule has 8 heteroatoms. The highest BCUT2D eigenvalue weighted by atomic mass is 32.1. The van der Waals surface area contributed by atoms with E-state index in [1.807, 2.05) is 6.92 Å². The van der Waals surface area contributed by atoms with E-state index in [9.17, 15) is 9.59 Å². The molecule has 0 radical (unpaired) electrons. The van der Waals surface area contributed by atoms with Crippen molar-refractivity contribution in [3.05, 3.63) is 10.6 Å². The summed E-state index contributed by atoms with van der Waals surface area (Å²) in [4.78, 5) is 26.0. The third kappa shape index (κ3) is 3.31. The summed E-state index contributed by atoms with van der Waals surface area (Å²) in [6.07, 6.45) is 2.30. The number of nitrogens with zero attached hydrogens (tertiary/aromatic N) is 3. The number of piperidine rings is 1. The fourth-order valence-corrected chi connectivity index (χ4v) is 3.09. The molecule has 0 spiro atoms. The summed E-state index contributed by atoms with van der Waals surface area (Å²) in [6, 6.07) is 0.0445. The number of primary amides is 1. The average molecular weight is 297 g/mol. The number of aryl methyl sites for hydroxylation is 1. The molecule has 0 aliphatic carbocycles. The van der Waals surface area contributed by atoms with E-state index in [0.29, 0.717) is 17.0 Å². The number of nitrogens with one attached hydrogen (secondary N) is 1. The molecule has 0 saturated carbocycles. The first-order valence-corrected chi connectivity index (χ1v) is 7.52. The molecular formula is C12H19N5O2S. The molecule has 0 unspecified atom stereocenters. The van der Waals surface area contributed by atoms with Gasteiger partial charge in [0.2, 0.25) is 5.91 Å². The maximum Gasteiger partial charge on any atom is 0.268 e. The van der Waals surface area contributed by atoms with Crippen LogP contribution < -0.4 is 11.1 Å². The number of aromatic nitrogens is 2. The van der Waals surface area contributed by atoms with Crippen molar-refractivity contribution in [3.8, 4) is 0 Å². The van der Waals surface area contributed by atoms with Gasteiger partial charge in [-0.15, -0.1) is 5.10 Å². The van der Waals surface area contributed by atoms with Crippen molar-refractivity contribution in [2.24, 2.45) is 5.73 Å². The summed E-state index contributed by atoms with van der Waals surface area (Å²) in [5, 5.41) is 7.20. The highest BCUT2D eigenvalue weighted by molar-refractivity contribution is 7.08. The SMILES string of the molecule is CCc1nnsc1C(=O)N(CC(N)=O)C1CCNCC1. The van der Waals surface area contributed by atoms with Crippen LogP contribution in [-0.4, -0.2) is 52.0 Å². The number of rotatable bonds is 5. The van der Waals surface area contributed by atoms with Gasteiger partial charge in [-0.3, -0.25) is 9.59 Å². The summed E-state index contributed by atoms with van der Waals surface area (Å²) in [5.41, 5.74) is 5.97. The van der Waals surface area contributed by atoms with Gasteiger partial charge in [-0.25, -0.2) is 0 Å². The smallest absolute Gasteiger partial charge is 0.268 e. The molecule has 1 aromatic heterocycles. The Morgan fingerprint density at radius 3 is 2.75 bits per heavy atom. The molecule has 110 valence electrons. The van der Waals surface area contributed by atoms with E-state index in [-0.39, 0.29) is 18.5 Å². The fraction of sp³-hybridized carbons (Fsp3) is 0.667. The summed E-state index contributed by atoms with van der Waals surface area (Å²) in [6.45, 7) is 3.56. The number of nitrogens with two attached hydrogens (primary N) is 1. The Kier molecular flexibility index (Phi) is 5.02. The van der Waals surface area contributed by atoms with Crippen LogP contribution in [0.3, 0.4) is 0 Å². The summed E-state index contributed by atoms with van der Waals surface area (Å²) < 4.78 is 3.84. The van der Waals surface area contributed by atoms with Crippen molar-refractivity contribution in [1.82, 2.24) is 19.8 Å². The molecule has 2 rings (SSSR count). The van der Waals surface area contributed by atoms with Gasteiger partial charge in [0.1, 0.15) is 4.88 Å². The van der Waals surface area contributed by atoms with Crippen LogP contribution in [0.25, 0.3) is 0 Å². The van der Waals surface area contributed by atoms with Gasteiger partial charge in [0, 0.05) is 6.04 Å². The quantitative estimate of drug-likeness (QED) is 0.782. The van der Waals surface area contributed by atoms with Crippen LogP contribution in [0, 0.1) is 0 Å². The van der Waals surface area contributed by atoms with Gasteiger partial charge in [0.15, 0.2) is 0 Å². The Balaban J connectivity index is 2.21. The second-order valence-corrected chi connectivity index (χ2v) is 5.54. The van der Waals surface area contributed by atoms with Crippen molar-refractivity contribution in [2.75, 3.05) is 19.6 Å². The minimum Gasteiger partial charge on any atom is -0.368 e. The second kappa shape index (κ2) is 6.76.